The third-order valence-electron chi connectivity index (χ3n) is 1.58. The van der Waals surface area contributed by atoms with E-state index < -0.39 is 22.9 Å². The summed E-state index contributed by atoms with van der Waals surface area (Å²) in [5.74, 6) is -0.849. The lowest BCUT2D eigenvalue weighted by Gasteiger charge is -2.09. The van der Waals surface area contributed by atoms with E-state index in [0.29, 0.717) is 6.07 Å². The molecular formula is C7H3BrF3IN2O3. The number of nitro groups is 1. The van der Waals surface area contributed by atoms with Crippen molar-refractivity contribution < 1.29 is 22.8 Å². The minimum absolute atomic E-state index is 0.0768. The highest BCUT2D eigenvalue weighted by Crippen LogP contribution is 2.31. The summed E-state index contributed by atoms with van der Waals surface area (Å²) in [6.07, 6.45) is -4.93. The Bertz CT molecular complexity index is 455. The van der Waals surface area contributed by atoms with Gasteiger partial charge in [0.15, 0.2) is 0 Å². The van der Waals surface area contributed by atoms with Gasteiger partial charge in [-0.15, -0.1) is 13.2 Å². The van der Waals surface area contributed by atoms with Crippen molar-refractivity contribution in [3.63, 3.8) is 0 Å². The fourth-order valence-electron chi connectivity index (χ4n) is 0.964. The lowest BCUT2D eigenvalue weighted by atomic mass is 10.2. The predicted octanol–water partition coefficient (Wildman–Crippen LogP) is 3.39. The Morgan fingerprint density at radius 1 is 1.59 bits per heavy atom. The molecule has 0 radical (unpaired) electrons. The summed E-state index contributed by atoms with van der Waals surface area (Å²) in [4.78, 5) is 13.4. The van der Waals surface area contributed by atoms with Crippen LogP contribution in [0, 0.1) is 13.8 Å². The molecule has 0 aromatic carbocycles. The molecule has 1 aromatic heterocycles. The monoisotopic (exact) mass is 426 g/mol. The molecule has 1 heterocycles. The maximum absolute atomic E-state index is 11.9. The Morgan fingerprint density at radius 3 is 2.59 bits per heavy atom. The van der Waals surface area contributed by atoms with E-state index in [1.165, 1.54) is 0 Å². The Kier molecular flexibility index (Phi) is 4.52. The SMILES string of the molecule is O=[N+]([O-])c1cc(OC(F)(F)F)nc(I)c1CBr. The molecule has 0 unspecified atom stereocenters. The molecule has 5 nitrogen and oxygen atoms in total. The van der Waals surface area contributed by atoms with Crippen LogP contribution >= 0.6 is 38.5 Å². The normalized spacial score (nSPS) is 11.4. The molecule has 10 heteroatoms. The van der Waals surface area contributed by atoms with Crippen LogP contribution in [-0.2, 0) is 5.33 Å². The smallest absolute Gasteiger partial charge is 0.388 e. The van der Waals surface area contributed by atoms with Crippen LogP contribution in [0.2, 0.25) is 0 Å². The van der Waals surface area contributed by atoms with E-state index in [1.807, 2.05) is 0 Å². The quantitative estimate of drug-likeness (QED) is 0.244. The number of halogens is 5. The molecule has 0 spiro atoms. The van der Waals surface area contributed by atoms with Crippen molar-refractivity contribution in [1.82, 2.24) is 4.98 Å². The summed E-state index contributed by atoms with van der Waals surface area (Å²) in [5, 5.41) is 10.8. The molecule has 94 valence electrons. The molecule has 0 aliphatic heterocycles. The molecule has 0 fully saturated rings. The van der Waals surface area contributed by atoms with Gasteiger partial charge in [-0.2, -0.15) is 0 Å². The Labute approximate surface area is 115 Å². The highest BCUT2D eigenvalue weighted by atomic mass is 127. The van der Waals surface area contributed by atoms with Crippen LogP contribution in [0.5, 0.6) is 5.88 Å². The number of aromatic nitrogens is 1. The first-order valence-electron chi connectivity index (χ1n) is 3.90. The molecule has 0 bridgehead atoms. The zero-order valence-electron chi connectivity index (χ0n) is 7.79. The summed E-state index contributed by atoms with van der Waals surface area (Å²) >= 11 is 4.60. The molecule has 0 saturated carbocycles. The van der Waals surface area contributed by atoms with E-state index in [4.69, 9.17) is 0 Å². The van der Waals surface area contributed by atoms with E-state index in [1.54, 1.807) is 22.6 Å². The topological polar surface area (TPSA) is 65.3 Å². The maximum atomic E-state index is 11.9. The van der Waals surface area contributed by atoms with Crippen molar-refractivity contribution in [2.75, 3.05) is 0 Å². The minimum atomic E-state index is -4.93. The minimum Gasteiger partial charge on any atom is -0.388 e. The van der Waals surface area contributed by atoms with Crippen molar-refractivity contribution in [2.24, 2.45) is 0 Å². The van der Waals surface area contributed by atoms with Crippen molar-refractivity contribution in [2.45, 2.75) is 11.7 Å². The average molecular weight is 427 g/mol. The standard InChI is InChI=1S/C7H3BrF3IN2O3/c8-2-3-4(14(15)16)1-5(13-6(3)12)17-7(9,10)11/h1H,2H2. The number of pyridine rings is 1. The summed E-state index contributed by atoms with van der Waals surface area (Å²) in [5.41, 5.74) is -0.273. The molecule has 1 aromatic rings. The van der Waals surface area contributed by atoms with Gasteiger partial charge < -0.3 is 4.74 Å². The van der Waals surface area contributed by atoms with E-state index >= 15 is 0 Å². The van der Waals surface area contributed by atoms with Gasteiger partial charge in [0.05, 0.1) is 16.6 Å². The molecular weight excluding hydrogens is 424 g/mol. The van der Waals surface area contributed by atoms with E-state index in [-0.39, 0.29) is 14.6 Å². The Balaban J connectivity index is 3.25. The first kappa shape index (κ1) is 14.4. The summed E-state index contributed by atoms with van der Waals surface area (Å²) in [7, 11) is 0. The first-order valence-corrected chi connectivity index (χ1v) is 6.10. The van der Waals surface area contributed by atoms with E-state index in [9.17, 15) is 23.3 Å². The van der Waals surface area contributed by atoms with Gasteiger partial charge in [0.25, 0.3) is 5.69 Å². The average Bonchev–Trinajstić information content (AvgIpc) is 2.13. The van der Waals surface area contributed by atoms with Gasteiger partial charge in [-0.25, -0.2) is 4.98 Å². The van der Waals surface area contributed by atoms with Crippen LogP contribution in [0.1, 0.15) is 5.56 Å². The Hall–Kier alpha value is -0.650. The summed E-state index contributed by atoms with van der Waals surface area (Å²) in [6.45, 7) is 0. The second kappa shape index (κ2) is 5.33. The van der Waals surface area contributed by atoms with Crippen molar-refractivity contribution in [3.8, 4) is 5.88 Å². The van der Waals surface area contributed by atoms with E-state index in [0.717, 1.165) is 0 Å². The number of nitrogens with zero attached hydrogens (tertiary/aromatic N) is 2. The number of hydrogen-bond acceptors (Lipinski definition) is 4. The van der Waals surface area contributed by atoms with Crippen LogP contribution < -0.4 is 4.74 Å². The highest BCUT2D eigenvalue weighted by Gasteiger charge is 2.33. The van der Waals surface area contributed by atoms with Crippen LogP contribution in [-0.4, -0.2) is 16.3 Å². The third kappa shape index (κ3) is 3.94. The predicted molar refractivity (Wildman–Crippen MR) is 62.9 cm³/mol. The molecule has 17 heavy (non-hydrogen) atoms. The lowest BCUT2D eigenvalue weighted by Crippen LogP contribution is -2.18. The fourth-order valence-corrected chi connectivity index (χ4v) is 2.75. The van der Waals surface area contributed by atoms with Gasteiger partial charge in [-0.3, -0.25) is 10.1 Å². The van der Waals surface area contributed by atoms with Crippen LogP contribution in [0.15, 0.2) is 6.07 Å². The van der Waals surface area contributed by atoms with Gasteiger partial charge in [-0.1, -0.05) is 15.9 Å². The van der Waals surface area contributed by atoms with Crippen molar-refractivity contribution >= 4 is 44.2 Å². The van der Waals surface area contributed by atoms with Gasteiger partial charge in [0, 0.05) is 5.33 Å². The summed E-state index contributed by atoms with van der Waals surface area (Å²) < 4.78 is 39.4. The van der Waals surface area contributed by atoms with Gasteiger partial charge >= 0.3 is 6.36 Å². The van der Waals surface area contributed by atoms with Crippen LogP contribution in [0.4, 0.5) is 18.9 Å². The molecule has 0 aliphatic carbocycles. The number of ether oxygens (including phenoxy) is 1. The van der Waals surface area contributed by atoms with Crippen molar-refractivity contribution in [1.29, 1.82) is 0 Å². The molecule has 0 aliphatic rings. The van der Waals surface area contributed by atoms with Gasteiger partial charge in [0.2, 0.25) is 5.88 Å². The molecule has 1 rings (SSSR count). The second-order valence-corrected chi connectivity index (χ2v) is 4.27. The molecule has 0 saturated heterocycles. The number of hydrogen-bond donors (Lipinski definition) is 0. The fraction of sp³-hybridized carbons (Fsp3) is 0.286. The molecule has 0 N–H and O–H groups in total. The van der Waals surface area contributed by atoms with Crippen LogP contribution in [0.25, 0.3) is 0 Å². The lowest BCUT2D eigenvalue weighted by molar-refractivity contribution is -0.385. The molecule has 0 amide bonds. The zero-order chi connectivity index (χ0) is 13.2. The molecule has 0 atom stereocenters. The van der Waals surface area contributed by atoms with Crippen molar-refractivity contribution in [3.05, 3.63) is 25.4 Å². The maximum Gasteiger partial charge on any atom is 0.574 e. The second-order valence-electron chi connectivity index (χ2n) is 2.69. The summed E-state index contributed by atoms with van der Waals surface area (Å²) in [6, 6.07) is 0.645. The largest absolute Gasteiger partial charge is 0.574 e. The number of rotatable bonds is 3. The zero-order valence-corrected chi connectivity index (χ0v) is 11.5. The third-order valence-corrected chi connectivity index (χ3v) is 3.03. The highest BCUT2D eigenvalue weighted by molar-refractivity contribution is 14.1. The first-order chi connectivity index (χ1) is 7.74. The van der Waals surface area contributed by atoms with Gasteiger partial charge in [0.1, 0.15) is 3.70 Å². The van der Waals surface area contributed by atoms with Gasteiger partial charge in [-0.05, 0) is 22.6 Å². The van der Waals surface area contributed by atoms with E-state index in [2.05, 4.69) is 25.7 Å². The Morgan fingerprint density at radius 2 is 2.18 bits per heavy atom. The number of alkyl halides is 4. The van der Waals surface area contributed by atoms with Crippen LogP contribution in [0.3, 0.4) is 0 Å².